The smallest absolute Gasteiger partial charge is 1.00 e. The summed E-state index contributed by atoms with van der Waals surface area (Å²) in [6.07, 6.45) is 22.9. The summed E-state index contributed by atoms with van der Waals surface area (Å²) in [6.45, 7) is 3.62. The van der Waals surface area contributed by atoms with Gasteiger partial charge in [0.05, 0.1) is 5.57 Å². The van der Waals surface area contributed by atoms with Crippen molar-refractivity contribution < 1.29 is 22.3 Å². The molecule has 27 heavy (non-hydrogen) atoms. The van der Waals surface area contributed by atoms with Gasteiger partial charge in [-0.05, 0) is 45.4 Å². The molecule has 1 N–H and O–H groups in total. The summed E-state index contributed by atoms with van der Waals surface area (Å²) >= 11 is 0. The van der Waals surface area contributed by atoms with Crippen LogP contribution in [0.2, 0.25) is 0 Å². The van der Waals surface area contributed by atoms with E-state index in [-0.39, 0.29) is 37.4 Å². The molecular formula is C22H38MgO4. The summed E-state index contributed by atoms with van der Waals surface area (Å²) in [5, 5.41) is 8.64. The third kappa shape index (κ3) is 21.1. The van der Waals surface area contributed by atoms with Crippen molar-refractivity contribution >= 4 is 35.0 Å². The fourth-order valence-corrected chi connectivity index (χ4v) is 2.34. The Labute approximate surface area is 184 Å². The molecule has 4 nitrogen and oxygen atoms in total. The molecule has 0 aliphatic heterocycles. The zero-order valence-corrected chi connectivity index (χ0v) is 18.7. The molecule has 0 atom stereocenters. The molecule has 0 radical (unpaired) electrons. The van der Waals surface area contributed by atoms with Crippen molar-refractivity contribution in [3.8, 4) is 0 Å². The SMILES string of the molecule is CCCCC/C=C\C/C=C\CCCCCCCC(=O)OC=C(C)C(=O)O.[H-].[H-].[Mg+2]. The zero-order valence-electron chi connectivity index (χ0n) is 19.3. The van der Waals surface area contributed by atoms with Gasteiger partial charge >= 0.3 is 35.0 Å². The first-order valence-electron chi connectivity index (χ1n) is 9.97. The molecule has 0 aliphatic carbocycles. The largest absolute Gasteiger partial charge is 2.00 e. The van der Waals surface area contributed by atoms with E-state index in [1.165, 1.54) is 45.4 Å². The standard InChI is InChI=1S/C22H36O4.Mg.2H/c1-3-4-5-6-7-8-9-10-11-12-13-14-15-16-17-18-21(23)26-19-20(2)22(24)25;;;/h7-8,10-11,19H,3-6,9,12-18H2,1-2H3,(H,24,25);;;/q;+2;2*-1/b8-7-,11-10-,20-19?;;;. The van der Waals surface area contributed by atoms with Gasteiger partial charge in [-0.3, -0.25) is 4.79 Å². The van der Waals surface area contributed by atoms with Gasteiger partial charge in [0.2, 0.25) is 0 Å². The van der Waals surface area contributed by atoms with E-state index in [2.05, 4.69) is 31.2 Å². The molecule has 0 unspecified atom stereocenters. The van der Waals surface area contributed by atoms with Crippen molar-refractivity contribution in [1.82, 2.24) is 0 Å². The second-order valence-electron chi connectivity index (χ2n) is 6.58. The number of carbonyl (C=O) groups excluding carboxylic acids is 1. The maximum Gasteiger partial charge on any atom is 2.00 e. The van der Waals surface area contributed by atoms with E-state index in [1.54, 1.807) is 0 Å². The van der Waals surface area contributed by atoms with E-state index in [0.717, 1.165) is 38.4 Å². The molecule has 0 saturated heterocycles. The first kappa shape index (κ1) is 28.1. The number of allylic oxidation sites excluding steroid dienone is 4. The van der Waals surface area contributed by atoms with E-state index < -0.39 is 5.97 Å². The van der Waals surface area contributed by atoms with Gasteiger partial charge in [-0.25, -0.2) is 4.79 Å². The number of hydrogen-bond acceptors (Lipinski definition) is 3. The van der Waals surface area contributed by atoms with Gasteiger partial charge in [0.15, 0.2) is 0 Å². The molecule has 0 heterocycles. The molecule has 0 spiro atoms. The Kier molecular flexibility index (Phi) is 22.1. The van der Waals surface area contributed by atoms with Crippen molar-refractivity contribution in [3.05, 3.63) is 36.1 Å². The number of ether oxygens (including phenoxy) is 1. The van der Waals surface area contributed by atoms with E-state index >= 15 is 0 Å². The van der Waals surface area contributed by atoms with Crippen LogP contribution >= 0.6 is 0 Å². The van der Waals surface area contributed by atoms with Crippen LogP contribution in [-0.4, -0.2) is 40.1 Å². The summed E-state index contributed by atoms with van der Waals surface area (Å²) < 4.78 is 4.79. The second kappa shape index (κ2) is 21.2. The first-order valence-corrected chi connectivity index (χ1v) is 9.97. The van der Waals surface area contributed by atoms with Crippen LogP contribution < -0.4 is 0 Å². The number of esters is 1. The maximum atomic E-state index is 11.4. The van der Waals surface area contributed by atoms with Crippen molar-refractivity contribution in [1.29, 1.82) is 0 Å². The first-order chi connectivity index (χ1) is 12.6. The minimum Gasteiger partial charge on any atom is -1.00 e. The third-order valence-corrected chi connectivity index (χ3v) is 4.04. The van der Waals surface area contributed by atoms with Crippen LogP contribution in [0.15, 0.2) is 36.1 Å². The number of carbonyl (C=O) groups is 2. The summed E-state index contributed by atoms with van der Waals surface area (Å²) in [5.74, 6) is -1.44. The Morgan fingerprint density at radius 3 is 2.04 bits per heavy atom. The summed E-state index contributed by atoms with van der Waals surface area (Å²) in [7, 11) is 0. The number of hydrogen-bond donors (Lipinski definition) is 1. The Morgan fingerprint density at radius 2 is 1.44 bits per heavy atom. The van der Waals surface area contributed by atoms with Crippen molar-refractivity contribution in [3.63, 3.8) is 0 Å². The van der Waals surface area contributed by atoms with E-state index in [4.69, 9.17) is 9.84 Å². The van der Waals surface area contributed by atoms with E-state index in [0.29, 0.717) is 6.42 Å². The van der Waals surface area contributed by atoms with Crippen LogP contribution in [0.4, 0.5) is 0 Å². The summed E-state index contributed by atoms with van der Waals surface area (Å²) in [5.41, 5.74) is 0.0263. The Hall–Kier alpha value is -1.07. The minimum absolute atomic E-state index is 0. The van der Waals surface area contributed by atoms with Gasteiger partial charge in [0.25, 0.3) is 0 Å². The molecule has 0 aromatic carbocycles. The fraction of sp³-hybridized carbons (Fsp3) is 0.636. The summed E-state index contributed by atoms with van der Waals surface area (Å²) in [4.78, 5) is 22.0. The van der Waals surface area contributed by atoms with Gasteiger partial charge in [-0.2, -0.15) is 0 Å². The van der Waals surface area contributed by atoms with Crippen molar-refractivity contribution in [2.45, 2.75) is 90.9 Å². The molecule has 0 aromatic rings. The normalized spacial score (nSPS) is 11.7. The molecule has 0 aromatic heterocycles. The zero-order chi connectivity index (χ0) is 19.5. The quantitative estimate of drug-likeness (QED) is 0.0853. The summed E-state index contributed by atoms with van der Waals surface area (Å²) in [6, 6.07) is 0. The average molecular weight is 391 g/mol. The van der Waals surface area contributed by atoms with Crippen LogP contribution in [0.5, 0.6) is 0 Å². The number of unbranched alkanes of at least 4 members (excludes halogenated alkanes) is 8. The number of aliphatic carboxylic acids is 1. The predicted molar refractivity (Wildman–Crippen MR) is 115 cm³/mol. The molecular weight excluding hydrogens is 353 g/mol. The Morgan fingerprint density at radius 1 is 0.889 bits per heavy atom. The van der Waals surface area contributed by atoms with E-state index in [1.807, 2.05) is 0 Å². The molecule has 0 rings (SSSR count). The van der Waals surface area contributed by atoms with Crippen LogP contribution in [0, 0.1) is 0 Å². The fourth-order valence-electron chi connectivity index (χ4n) is 2.34. The maximum absolute atomic E-state index is 11.4. The third-order valence-electron chi connectivity index (χ3n) is 4.04. The van der Waals surface area contributed by atoms with E-state index in [9.17, 15) is 9.59 Å². The topological polar surface area (TPSA) is 63.6 Å². The Balaban J connectivity index is -0.00000104. The number of rotatable bonds is 16. The van der Waals surface area contributed by atoms with Gasteiger partial charge < -0.3 is 12.7 Å². The van der Waals surface area contributed by atoms with Crippen LogP contribution in [0.1, 0.15) is 93.8 Å². The van der Waals surface area contributed by atoms with Crippen LogP contribution in [0.3, 0.4) is 0 Å². The number of carboxylic acid groups (broad SMARTS) is 1. The van der Waals surface area contributed by atoms with Gasteiger partial charge in [-0.15, -0.1) is 0 Å². The van der Waals surface area contributed by atoms with Crippen molar-refractivity contribution in [2.24, 2.45) is 0 Å². The molecule has 5 heteroatoms. The van der Waals surface area contributed by atoms with Crippen LogP contribution in [0.25, 0.3) is 0 Å². The average Bonchev–Trinajstić information content (AvgIpc) is 2.62. The molecule has 0 amide bonds. The molecule has 0 bridgehead atoms. The van der Waals surface area contributed by atoms with Crippen molar-refractivity contribution in [2.75, 3.05) is 0 Å². The van der Waals surface area contributed by atoms with Gasteiger partial charge in [-0.1, -0.05) is 63.3 Å². The predicted octanol–water partition coefficient (Wildman–Crippen LogP) is 6.18. The molecule has 152 valence electrons. The molecule has 0 aliphatic rings. The van der Waals surface area contributed by atoms with Gasteiger partial charge in [0.1, 0.15) is 6.26 Å². The Bertz CT molecular complexity index is 477. The van der Waals surface area contributed by atoms with Crippen LogP contribution in [-0.2, 0) is 14.3 Å². The second-order valence-corrected chi connectivity index (χ2v) is 6.58. The monoisotopic (exact) mass is 390 g/mol. The van der Waals surface area contributed by atoms with Gasteiger partial charge in [0, 0.05) is 6.42 Å². The minimum atomic E-state index is -1.07. The molecule has 0 saturated carbocycles. The molecule has 0 fully saturated rings. The number of carboxylic acids is 1.